The van der Waals surface area contributed by atoms with Gasteiger partial charge in [-0.15, -0.1) is 0 Å². The van der Waals surface area contributed by atoms with Crippen LogP contribution in [0.2, 0.25) is 36.3 Å². The number of benzene rings is 2. The maximum absolute atomic E-state index is 10.1. The zero-order valence-corrected chi connectivity index (χ0v) is 24.1. The fourth-order valence-electron chi connectivity index (χ4n) is 2.84. The second-order valence-electron chi connectivity index (χ2n) is 11.9. The van der Waals surface area contributed by atoms with E-state index in [-0.39, 0.29) is 10.1 Å². The molecule has 0 heterocycles. The van der Waals surface area contributed by atoms with Crippen LogP contribution in [0.3, 0.4) is 0 Å². The zero-order valence-electron chi connectivity index (χ0n) is 22.1. The van der Waals surface area contributed by atoms with Crippen molar-refractivity contribution in [3.8, 4) is 22.6 Å². The zero-order chi connectivity index (χ0) is 24.5. The molecule has 0 aliphatic rings. The van der Waals surface area contributed by atoms with Gasteiger partial charge in [0.1, 0.15) is 11.5 Å². The van der Waals surface area contributed by atoms with E-state index in [4.69, 9.17) is 8.85 Å². The van der Waals surface area contributed by atoms with Crippen molar-refractivity contribution in [2.45, 2.75) is 97.3 Å². The molecule has 0 bridgehead atoms. The Kier molecular flexibility index (Phi) is 7.80. The van der Waals surface area contributed by atoms with Crippen LogP contribution in [0.4, 0.5) is 0 Å². The van der Waals surface area contributed by atoms with Crippen LogP contribution in [0, 0.1) is 0 Å². The molecule has 0 amide bonds. The first-order valence-electron chi connectivity index (χ1n) is 11.8. The van der Waals surface area contributed by atoms with Gasteiger partial charge in [0.15, 0.2) is 0 Å². The highest BCUT2D eigenvalue weighted by atomic mass is 28.4. The molecular formula is C27H44O3Si2. The lowest BCUT2D eigenvalue weighted by molar-refractivity contribution is 0.173. The molecule has 2 aromatic rings. The van der Waals surface area contributed by atoms with Gasteiger partial charge in [-0.05, 0) is 71.5 Å². The van der Waals surface area contributed by atoms with Gasteiger partial charge in [0, 0.05) is 0 Å². The fraction of sp³-hybridized carbons (Fsp3) is 0.556. The van der Waals surface area contributed by atoms with E-state index in [0.717, 1.165) is 28.2 Å². The van der Waals surface area contributed by atoms with Gasteiger partial charge < -0.3 is 14.0 Å². The summed E-state index contributed by atoms with van der Waals surface area (Å²) >= 11 is 0. The highest BCUT2D eigenvalue weighted by Gasteiger charge is 2.42. The summed E-state index contributed by atoms with van der Waals surface area (Å²) in [7, 11) is -4.06. The highest BCUT2D eigenvalue weighted by molar-refractivity contribution is 6.75. The Labute approximate surface area is 198 Å². The van der Waals surface area contributed by atoms with Crippen molar-refractivity contribution < 1.29 is 14.0 Å². The topological polar surface area (TPSA) is 38.7 Å². The molecule has 2 aromatic carbocycles. The van der Waals surface area contributed by atoms with Gasteiger partial charge in [0.25, 0.3) is 16.6 Å². The monoisotopic (exact) mass is 472 g/mol. The lowest BCUT2D eigenvalue weighted by Gasteiger charge is -2.39. The summed E-state index contributed by atoms with van der Waals surface area (Å²) in [5, 5.41) is 10.3. The number of hydrogen-bond acceptors (Lipinski definition) is 3. The molecule has 5 heteroatoms. The average Bonchev–Trinajstić information content (AvgIpc) is 2.66. The summed E-state index contributed by atoms with van der Waals surface area (Å²) in [4.78, 5) is 0. The second kappa shape index (κ2) is 9.36. The molecule has 0 radical (unpaired) electrons. The Hall–Kier alpha value is -1.57. The van der Waals surface area contributed by atoms with Crippen LogP contribution in [0.5, 0.6) is 11.5 Å². The van der Waals surface area contributed by atoms with Crippen molar-refractivity contribution in [2.75, 3.05) is 0 Å². The van der Waals surface area contributed by atoms with Crippen molar-refractivity contribution in [1.82, 2.24) is 0 Å². The van der Waals surface area contributed by atoms with E-state index in [1.165, 1.54) is 0 Å². The molecule has 0 spiro atoms. The third-order valence-corrected chi connectivity index (χ3v) is 16.0. The summed E-state index contributed by atoms with van der Waals surface area (Å²) in [5.41, 5.74) is 3.15. The van der Waals surface area contributed by atoms with Crippen LogP contribution >= 0.6 is 0 Å². The summed E-state index contributed by atoms with van der Waals surface area (Å²) in [6.45, 7) is 24.6. The summed E-state index contributed by atoms with van der Waals surface area (Å²) in [6.07, 6.45) is 0.297. The number of aliphatic hydroxyl groups is 1. The highest BCUT2D eigenvalue weighted by Crippen LogP contribution is 2.44. The SMILES string of the molecule is CCC(O)c1ccc(-c2ccc(O[Si](C)(C)C(C)(C)C)c(O[Si](C)(C)C(C)(C)C)c2)cc1. The van der Waals surface area contributed by atoms with E-state index in [0.29, 0.717) is 6.42 Å². The minimum atomic E-state index is -2.05. The van der Waals surface area contributed by atoms with Gasteiger partial charge >= 0.3 is 0 Å². The molecule has 0 aliphatic heterocycles. The maximum atomic E-state index is 10.1. The van der Waals surface area contributed by atoms with Gasteiger partial charge in [-0.3, -0.25) is 0 Å². The molecule has 0 saturated heterocycles. The van der Waals surface area contributed by atoms with Crippen molar-refractivity contribution >= 4 is 16.6 Å². The molecule has 1 N–H and O–H groups in total. The summed E-state index contributed by atoms with van der Waals surface area (Å²) in [6, 6.07) is 14.5. The van der Waals surface area contributed by atoms with E-state index < -0.39 is 22.7 Å². The molecule has 3 nitrogen and oxygen atoms in total. The third-order valence-electron chi connectivity index (χ3n) is 7.30. The second-order valence-corrected chi connectivity index (χ2v) is 21.4. The van der Waals surface area contributed by atoms with Gasteiger partial charge in [0.05, 0.1) is 6.10 Å². The van der Waals surface area contributed by atoms with Gasteiger partial charge in [-0.1, -0.05) is 78.8 Å². The first-order valence-corrected chi connectivity index (χ1v) is 17.6. The number of hydrogen-bond donors (Lipinski definition) is 1. The maximum Gasteiger partial charge on any atom is 0.250 e. The van der Waals surface area contributed by atoms with E-state index >= 15 is 0 Å². The Balaban J connectivity index is 2.52. The first-order chi connectivity index (χ1) is 14.5. The number of aliphatic hydroxyl groups excluding tert-OH is 1. The Morgan fingerprint density at radius 3 is 1.59 bits per heavy atom. The fourth-order valence-corrected chi connectivity index (χ4v) is 4.88. The molecular weight excluding hydrogens is 428 g/mol. The van der Waals surface area contributed by atoms with E-state index in [1.54, 1.807) is 0 Å². The number of rotatable bonds is 7. The van der Waals surface area contributed by atoms with E-state index in [1.807, 2.05) is 19.1 Å². The predicted octanol–water partition coefficient (Wildman–Crippen LogP) is 8.57. The van der Waals surface area contributed by atoms with Crippen molar-refractivity contribution in [3.05, 3.63) is 48.0 Å². The van der Waals surface area contributed by atoms with E-state index in [2.05, 4.69) is 98.1 Å². The van der Waals surface area contributed by atoms with Crippen LogP contribution in [0.1, 0.15) is 66.6 Å². The molecule has 0 aliphatic carbocycles. The predicted molar refractivity (Wildman–Crippen MR) is 143 cm³/mol. The Morgan fingerprint density at radius 1 is 0.719 bits per heavy atom. The smallest absolute Gasteiger partial charge is 0.250 e. The average molecular weight is 473 g/mol. The Morgan fingerprint density at radius 2 is 1.16 bits per heavy atom. The van der Waals surface area contributed by atoms with Gasteiger partial charge in [-0.25, -0.2) is 0 Å². The van der Waals surface area contributed by atoms with Crippen LogP contribution in [-0.2, 0) is 0 Å². The van der Waals surface area contributed by atoms with E-state index in [9.17, 15) is 5.11 Å². The quantitative estimate of drug-likeness (QED) is 0.410. The minimum absolute atomic E-state index is 0.0924. The molecule has 0 fully saturated rings. The molecule has 32 heavy (non-hydrogen) atoms. The van der Waals surface area contributed by atoms with Gasteiger partial charge in [-0.2, -0.15) is 0 Å². The van der Waals surface area contributed by atoms with Crippen LogP contribution in [0.15, 0.2) is 42.5 Å². The minimum Gasteiger partial charge on any atom is -0.541 e. The third kappa shape index (κ3) is 6.06. The van der Waals surface area contributed by atoms with Crippen molar-refractivity contribution in [2.24, 2.45) is 0 Å². The van der Waals surface area contributed by atoms with Crippen LogP contribution < -0.4 is 8.85 Å². The lowest BCUT2D eigenvalue weighted by atomic mass is 10.0. The standard InChI is InChI=1S/C27H44O3Si2/c1-12-23(28)21-15-13-20(14-16-21)22-17-18-24(29-31(8,9)26(2,3)4)25(19-22)30-32(10,11)27(5,6)7/h13-19,23,28H,12H2,1-11H3. The first kappa shape index (κ1) is 26.7. The van der Waals surface area contributed by atoms with Crippen LogP contribution in [0.25, 0.3) is 11.1 Å². The lowest BCUT2D eigenvalue weighted by Crippen LogP contribution is -2.45. The largest absolute Gasteiger partial charge is 0.541 e. The summed E-state index contributed by atoms with van der Waals surface area (Å²) < 4.78 is 13.5. The molecule has 0 saturated carbocycles. The summed E-state index contributed by atoms with van der Waals surface area (Å²) in [5.74, 6) is 1.69. The van der Waals surface area contributed by atoms with Crippen molar-refractivity contribution in [3.63, 3.8) is 0 Å². The molecule has 1 unspecified atom stereocenters. The molecule has 1 atom stereocenters. The molecule has 2 rings (SSSR count). The molecule has 0 aromatic heterocycles. The Bertz CT molecular complexity index is 904. The van der Waals surface area contributed by atoms with Crippen molar-refractivity contribution in [1.29, 1.82) is 0 Å². The van der Waals surface area contributed by atoms with Gasteiger partial charge in [0.2, 0.25) is 0 Å². The van der Waals surface area contributed by atoms with Crippen LogP contribution in [-0.4, -0.2) is 21.7 Å². The normalized spacial score (nSPS) is 14.2. The molecule has 178 valence electrons.